The largest absolute Gasteiger partial charge is 0.491 e. The van der Waals surface area contributed by atoms with Crippen molar-refractivity contribution in [2.24, 2.45) is 11.6 Å². The summed E-state index contributed by atoms with van der Waals surface area (Å²) in [6.45, 7) is 8.50. The van der Waals surface area contributed by atoms with Gasteiger partial charge in [-0.3, -0.25) is 4.79 Å². The number of hydrogen-bond donors (Lipinski definition) is 5. The van der Waals surface area contributed by atoms with Gasteiger partial charge in [0, 0.05) is 28.8 Å². The van der Waals surface area contributed by atoms with E-state index in [0.29, 0.717) is 47.0 Å². The summed E-state index contributed by atoms with van der Waals surface area (Å²) in [5.74, 6) is 6.69. The van der Waals surface area contributed by atoms with Gasteiger partial charge in [-0.15, -0.1) is 0 Å². The van der Waals surface area contributed by atoms with Gasteiger partial charge in [0.25, 0.3) is 5.56 Å². The number of hydrazine groups is 1. The first-order valence-corrected chi connectivity index (χ1v) is 12.1. The molecule has 1 unspecified atom stereocenters. The lowest BCUT2D eigenvalue weighted by atomic mass is 9.96. The summed E-state index contributed by atoms with van der Waals surface area (Å²) in [6, 6.07) is 5.92. The van der Waals surface area contributed by atoms with Crippen molar-refractivity contribution in [3.05, 3.63) is 85.7 Å². The molecule has 3 aromatic rings. The van der Waals surface area contributed by atoms with Crippen molar-refractivity contribution < 1.29 is 14.9 Å². The second-order valence-electron chi connectivity index (χ2n) is 9.67. The van der Waals surface area contributed by atoms with E-state index in [-0.39, 0.29) is 31.1 Å². The van der Waals surface area contributed by atoms with Crippen molar-refractivity contribution in [2.45, 2.75) is 39.6 Å². The topological polar surface area (TPSA) is 152 Å². The molecule has 0 bridgehead atoms. The maximum Gasteiger partial charge on any atom is 0.258 e. The van der Waals surface area contributed by atoms with Gasteiger partial charge in [0.2, 0.25) is 0 Å². The Kier molecular flexibility index (Phi) is 6.28. The Hall–Kier alpha value is -3.70. The van der Waals surface area contributed by atoms with Crippen LogP contribution in [-0.4, -0.2) is 45.0 Å². The molecule has 2 aliphatic heterocycles. The molecule has 194 valence electrons. The Labute approximate surface area is 214 Å². The molecular formula is C27H32N6O4. The summed E-state index contributed by atoms with van der Waals surface area (Å²) >= 11 is 0. The first kappa shape index (κ1) is 25.0. The van der Waals surface area contributed by atoms with Gasteiger partial charge in [0.15, 0.2) is 0 Å². The summed E-state index contributed by atoms with van der Waals surface area (Å²) in [4.78, 5) is 18.5. The van der Waals surface area contributed by atoms with Gasteiger partial charge in [-0.2, -0.15) is 0 Å². The summed E-state index contributed by atoms with van der Waals surface area (Å²) in [7, 11) is 1.77. The molecule has 0 amide bonds. The van der Waals surface area contributed by atoms with E-state index in [2.05, 4.69) is 18.0 Å². The number of benzene rings is 1. The van der Waals surface area contributed by atoms with Crippen LogP contribution in [0.5, 0.6) is 0 Å². The normalized spacial score (nSPS) is 16.7. The van der Waals surface area contributed by atoms with E-state index in [0.717, 1.165) is 33.2 Å². The van der Waals surface area contributed by atoms with Crippen molar-refractivity contribution in [1.82, 2.24) is 19.9 Å². The number of rotatable bonds is 6. The number of nitrogens with two attached hydrogens (primary N) is 2. The molecule has 0 spiro atoms. The molecule has 2 aliphatic rings. The quantitative estimate of drug-likeness (QED) is 0.192. The Bertz CT molecular complexity index is 1540. The average Bonchev–Trinajstić information content (AvgIpc) is 3.22. The number of nitrogens with zero attached hydrogens (tertiary/aromatic N) is 3. The molecule has 0 radical (unpaired) electrons. The third-order valence-electron chi connectivity index (χ3n) is 7.38. The molecule has 7 N–H and O–H groups in total. The number of nitrogens with one attached hydrogen (secondary N) is 1. The molecule has 0 fully saturated rings. The van der Waals surface area contributed by atoms with Gasteiger partial charge >= 0.3 is 0 Å². The smallest absolute Gasteiger partial charge is 0.258 e. The fourth-order valence-electron chi connectivity index (χ4n) is 5.15. The molecule has 0 saturated heterocycles. The van der Waals surface area contributed by atoms with Crippen LogP contribution in [0, 0.1) is 13.8 Å². The maximum absolute atomic E-state index is 13.5. The Morgan fingerprint density at radius 1 is 1.30 bits per heavy atom. The first-order chi connectivity index (χ1) is 17.7. The van der Waals surface area contributed by atoms with E-state index >= 15 is 0 Å². The fourth-order valence-corrected chi connectivity index (χ4v) is 5.15. The number of ether oxygens (including phenoxy) is 1. The number of aliphatic hydroxyl groups excluding tert-OH is 2. The van der Waals surface area contributed by atoms with Crippen LogP contribution in [0.4, 0.5) is 0 Å². The molecule has 2 aromatic heterocycles. The lowest BCUT2D eigenvalue weighted by Gasteiger charge is -2.25. The molecule has 0 saturated carbocycles. The first-order valence-electron chi connectivity index (χ1n) is 12.1. The van der Waals surface area contributed by atoms with Gasteiger partial charge in [0.1, 0.15) is 18.5 Å². The predicted octanol–water partition coefficient (Wildman–Crippen LogP) is 1.18. The van der Waals surface area contributed by atoms with Crippen LogP contribution in [0.2, 0.25) is 0 Å². The minimum atomic E-state index is -1.08. The number of likely N-dealkylation sites (N-methyl/N-ethyl adjacent to an activating group) is 1. The highest BCUT2D eigenvalue weighted by Gasteiger charge is 2.33. The van der Waals surface area contributed by atoms with E-state index in [4.69, 9.17) is 21.3 Å². The SMILES string of the molecule is C=C1OCc2c(cc3n(c2=O)Cc2c-3nc3cc(C)c(C)cc3c2CN(N)/C(CO)=C(\N)CNC)C1O. The number of aliphatic hydroxyl groups is 2. The molecule has 10 nitrogen and oxygen atoms in total. The van der Waals surface area contributed by atoms with Crippen molar-refractivity contribution >= 4 is 10.9 Å². The second kappa shape index (κ2) is 9.31. The lowest BCUT2D eigenvalue weighted by Crippen LogP contribution is -2.36. The standard InChI is InChI=1S/C27H32N6O4/c1-13-5-16-18(10-33(29)24(11-34)21(28)8-30-4)19-9-32-23(25(19)31-22(16)6-14(13)2)7-17-20(27(32)36)12-37-15(3)26(17)35/h5-7,26,30,34-35H,3,8-12,28-29H2,1-2,4H3/b24-21-. The van der Waals surface area contributed by atoms with Crippen LogP contribution < -0.4 is 22.5 Å². The van der Waals surface area contributed by atoms with Crippen LogP contribution in [0.15, 0.2) is 46.7 Å². The lowest BCUT2D eigenvalue weighted by molar-refractivity contribution is 0.0753. The summed E-state index contributed by atoms with van der Waals surface area (Å²) in [5, 5.41) is 26.0. The molecule has 1 atom stereocenters. The van der Waals surface area contributed by atoms with Gasteiger partial charge < -0.3 is 35.6 Å². The average molecular weight is 505 g/mol. The van der Waals surface area contributed by atoms with Crippen molar-refractivity contribution in [3.8, 4) is 11.4 Å². The number of fused-ring (bicyclic) bond motifs is 5. The Morgan fingerprint density at radius 2 is 2.03 bits per heavy atom. The van der Waals surface area contributed by atoms with Crippen LogP contribution in [0.3, 0.4) is 0 Å². The molecule has 4 heterocycles. The minimum Gasteiger partial charge on any atom is -0.491 e. The second-order valence-corrected chi connectivity index (χ2v) is 9.67. The molecule has 1 aromatic carbocycles. The highest BCUT2D eigenvalue weighted by Crippen LogP contribution is 2.39. The van der Waals surface area contributed by atoms with Crippen LogP contribution >= 0.6 is 0 Å². The monoisotopic (exact) mass is 504 g/mol. The highest BCUT2D eigenvalue weighted by molar-refractivity contribution is 5.89. The molecule has 5 rings (SSSR count). The van der Waals surface area contributed by atoms with Gasteiger partial charge in [-0.1, -0.05) is 6.58 Å². The molecular weight excluding hydrogens is 472 g/mol. The zero-order valence-electron chi connectivity index (χ0n) is 21.3. The highest BCUT2D eigenvalue weighted by atomic mass is 16.5. The summed E-state index contributed by atoms with van der Waals surface area (Å²) < 4.78 is 7.11. The Balaban J connectivity index is 1.73. The van der Waals surface area contributed by atoms with E-state index in [9.17, 15) is 15.0 Å². The predicted molar refractivity (Wildman–Crippen MR) is 141 cm³/mol. The Morgan fingerprint density at radius 3 is 2.73 bits per heavy atom. The van der Waals surface area contributed by atoms with Crippen LogP contribution in [-0.2, 0) is 24.4 Å². The number of aryl methyl sites for hydroxylation is 2. The van der Waals surface area contributed by atoms with E-state index in [1.807, 2.05) is 26.0 Å². The summed E-state index contributed by atoms with van der Waals surface area (Å²) in [5.41, 5.74) is 13.8. The summed E-state index contributed by atoms with van der Waals surface area (Å²) in [6.07, 6.45) is -1.08. The van der Waals surface area contributed by atoms with Crippen LogP contribution in [0.1, 0.15) is 39.5 Å². The third-order valence-corrected chi connectivity index (χ3v) is 7.38. The zero-order chi connectivity index (χ0) is 26.6. The minimum absolute atomic E-state index is 0.0628. The van der Waals surface area contributed by atoms with Gasteiger partial charge in [0.05, 0.1) is 47.9 Å². The van der Waals surface area contributed by atoms with Gasteiger partial charge in [-0.25, -0.2) is 10.8 Å². The zero-order valence-corrected chi connectivity index (χ0v) is 21.3. The number of aromatic nitrogens is 2. The van der Waals surface area contributed by atoms with Crippen molar-refractivity contribution in [1.29, 1.82) is 0 Å². The fraction of sp³-hybridized carbons (Fsp3) is 0.333. The molecule has 0 aliphatic carbocycles. The van der Waals surface area contributed by atoms with Crippen molar-refractivity contribution in [3.63, 3.8) is 0 Å². The van der Waals surface area contributed by atoms with Crippen molar-refractivity contribution in [2.75, 3.05) is 20.2 Å². The third kappa shape index (κ3) is 3.98. The van der Waals surface area contributed by atoms with E-state index in [1.54, 1.807) is 11.6 Å². The number of hydrogen-bond acceptors (Lipinski definition) is 9. The van der Waals surface area contributed by atoms with E-state index in [1.165, 1.54) is 5.01 Å². The van der Waals surface area contributed by atoms with Crippen LogP contribution in [0.25, 0.3) is 22.3 Å². The van der Waals surface area contributed by atoms with E-state index < -0.39 is 6.10 Å². The molecule has 37 heavy (non-hydrogen) atoms. The van der Waals surface area contributed by atoms with Gasteiger partial charge in [-0.05, 0) is 55.8 Å². The maximum atomic E-state index is 13.5. The number of pyridine rings is 2. The molecule has 10 heteroatoms.